The second-order valence-electron chi connectivity index (χ2n) is 2.58. The lowest BCUT2D eigenvalue weighted by Gasteiger charge is -2.04. The second-order valence-corrected chi connectivity index (χ2v) is 2.58. The van der Waals surface area contributed by atoms with Gasteiger partial charge in [-0.15, -0.1) is 0 Å². The number of hydrogen-bond donors (Lipinski definition) is 0. The van der Waals surface area contributed by atoms with Crippen molar-refractivity contribution < 1.29 is 18.1 Å². The summed E-state index contributed by atoms with van der Waals surface area (Å²) >= 11 is 0. The van der Waals surface area contributed by atoms with E-state index < -0.39 is 16.8 Å². The van der Waals surface area contributed by atoms with Crippen LogP contribution in [0.5, 0.6) is 0 Å². The zero-order valence-corrected chi connectivity index (χ0v) is 7.23. The van der Waals surface area contributed by atoms with Crippen LogP contribution in [-0.2, 0) is 6.18 Å². The Bertz CT molecular complexity index is 384. The molecule has 0 saturated heterocycles. The van der Waals surface area contributed by atoms with E-state index in [0.29, 0.717) is 6.20 Å². The molecule has 0 unspecified atom stereocenters. The Labute approximate surface area is 82.2 Å². The first-order chi connectivity index (χ1) is 6.89. The number of nitro groups is 1. The van der Waals surface area contributed by atoms with Crippen LogP contribution >= 0.6 is 0 Å². The van der Waals surface area contributed by atoms with Crippen LogP contribution in [0, 0.1) is 10.1 Å². The van der Waals surface area contributed by atoms with Crippen LogP contribution in [-0.4, -0.2) is 9.91 Å². The molecular weight excluding hydrogens is 213 g/mol. The van der Waals surface area contributed by atoms with Gasteiger partial charge in [0.25, 0.3) is 0 Å². The van der Waals surface area contributed by atoms with Crippen LogP contribution in [0.4, 0.5) is 13.2 Å². The van der Waals surface area contributed by atoms with E-state index in [1.807, 2.05) is 0 Å². The number of aromatic nitrogens is 1. The molecule has 0 N–H and O–H groups in total. The van der Waals surface area contributed by atoms with Crippen LogP contribution in [0.25, 0.3) is 6.08 Å². The Balaban J connectivity index is 2.86. The molecule has 0 fully saturated rings. The summed E-state index contributed by atoms with van der Waals surface area (Å²) in [5, 5.41) is 9.92. The topological polar surface area (TPSA) is 56.0 Å². The van der Waals surface area contributed by atoms with E-state index in [-0.39, 0.29) is 5.56 Å². The summed E-state index contributed by atoms with van der Waals surface area (Å²) in [5.74, 6) is 0. The molecule has 0 amide bonds. The van der Waals surface area contributed by atoms with Crippen molar-refractivity contribution in [2.45, 2.75) is 6.18 Å². The maximum absolute atomic E-state index is 12.0. The van der Waals surface area contributed by atoms with Crippen molar-refractivity contribution in [1.29, 1.82) is 0 Å². The van der Waals surface area contributed by atoms with Gasteiger partial charge in [-0.2, -0.15) is 13.2 Å². The van der Waals surface area contributed by atoms with Gasteiger partial charge in [0.1, 0.15) is 5.69 Å². The van der Waals surface area contributed by atoms with Crippen molar-refractivity contribution >= 4 is 6.08 Å². The summed E-state index contributed by atoms with van der Waals surface area (Å²) in [6.07, 6.45) is -1.88. The van der Waals surface area contributed by atoms with Gasteiger partial charge in [0.15, 0.2) is 0 Å². The molecule has 1 heterocycles. The van der Waals surface area contributed by atoms with Gasteiger partial charge in [0, 0.05) is 12.3 Å². The van der Waals surface area contributed by atoms with Crippen LogP contribution in [0.3, 0.4) is 0 Å². The number of pyridine rings is 1. The summed E-state index contributed by atoms with van der Waals surface area (Å²) < 4.78 is 36.1. The zero-order valence-electron chi connectivity index (χ0n) is 7.23. The standard InChI is InChI=1S/C8H5F3N2O2/c9-8(10,11)7-2-1-6(5-12-7)3-4-13(14)15/h1-5H. The first kappa shape index (κ1) is 11.2. The van der Waals surface area contributed by atoms with Crippen molar-refractivity contribution in [1.82, 2.24) is 4.98 Å². The molecule has 0 saturated carbocycles. The molecule has 1 aromatic rings. The van der Waals surface area contributed by atoms with Gasteiger partial charge in [-0.05, 0) is 11.6 Å². The minimum absolute atomic E-state index is 0.236. The smallest absolute Gasteiger partial charge is 0.259 e. The third kappa shape index (κ3) is 3.37. The molecule has 15 heavy (non-hydrogen) atoms. The fourth-order valence-electron chi connectivity index (χ4n) is 0.819. The Kier molecular flexibility index (Phi) is 3.03. The molecule has 0 bridgehead atoms. The van der Waals surface area contributed by atoms with E-state index in [2.05, 4.69) is 4.98 Å². The molecule has 0 spiro atoms. The average Bonchev–Trinajstić information content (AvgIpc) is 2.14. The van der Waals surface area contributed by atoms with E-state index >= 15 is 0 Å². The maximum Gasteiger partial charge on any atom is 0.433 e. The Morgan fingerprint density at radius 3 is 2.47 bits per heavy atom. The Morgan fingerprint density at radius 2 is 2.07 bits per heavy atom. The fraction of sp³-hybridized carbons (Fsp3) is 0.125. The second kappa shape index (κ2) is 4.07. The van der Waals surface area contributed by atoms with Crippen molar-refractivity contribution in [3.63, 3.8) is 0 Å². The highest BCUT2D eigenvalue weighted by Gasteiger charge is 2.31. The summed E-state index contributed by atoms with van der Waals surface area (Å²) in [7, 11) is 0. The highest BCUT2D eigenvalue weighted by molar-refractivity contribution is 5.46. The molecule has 7 heteroatoms. The Morgan fingerprint density at radius 1 is 1.40 bits per heavy atom. The minimum Gasteiger partial charge on any atom is -0.259 e. The molecule has 0 aliphatic heterocycles. The zero-order chi connectivity index (χ0) is 11.5. The van der Waals surface area contributed by atoms with Gasteiger partial charge in [0.05, 0.1) is 4.92 Å². The predicted molar refractivity (Wildman–Crippen MR) is 45.3 cm³/mol. The molecule has 0 radical (unpaired) electrons. The summed E-state index contributed by atoms with van der Waals surface area (Å²) in [5.41, 5.74) is -0.791. The first-order valence-electron chi connectivity index (χ1n) is 3.74. The van der Waals surface area contributed by atoms with Crippen molar-refractivity contribution in [3.8, 4) is 0 Å². The predicted octanol–water partition coefficient (Wildman–Crippen LogP) is 2.35. The first-order valence-corrected chi connectivity index (χ1v) is 3.74. The van der Waals surface area contributed by atoms with Gasteiger partial charge < -0.3 is 0 Å². The van der Waals surface area contributed by atoms with Gasteiger partial charge in [0.2, 0.25) is 6.20 Å². The molecule has 4 nitrogen and oxygen atoms in total. The molecule has 80 valence electrons. The number of halogens is 3. The lowest BCUT2D eigenvalue weighted by Crippen LogP contribution is -2.07. The third-order valence-electron chi connectivity index (χ3n) is 1.47. The van der Waals surface area contributed by atoms with Gasteiger partial charge >= 0.3 is 6.18 Å². The van der Waals surface area contributed by atoms with Crippen LogP contribution < -0.4 is 0 Å². The average molecular weight is 218 g/mol. The summed E-state index contributed by atoms with van der Waals surface area (Å²) in [6.45, 7) is 0. The molecule has 1 aromatic heterocycles. The van der Waals surface area contributed by atoms with E-state index in [9.17, 15) is 23.3 Å². The lowest BCUT2D eigenvalue weighted by atomic mass is 10.2. The lowest BCUT2D eigenvalue weighted by molar-refractivity contribution is -0.400. The van der Waals surface area contributed by atoms with E-state index in [1.54, 1.807) is 0 Å². The number of alkyl halides is 3. The van der Waals surface area contributed by atoms with Gasteiger partial charge in [-0.25, -0.2) is 0 Å². The number of nitrogens with zero attached hydrogens (tertiary/aromatic N) is 2. The number of hydrogen-bond acceptors (Lipinski definition) is 3. The SMILES string of the molecule is O=[N+]([O-])C=Cc1ccc(C(F)(F)F)nc1. The van der Waals surface area contributed by atoms with Crippen LogP contribution in [0.2, 0.25) is 0 Å². The van der Waals surface area contributed by atoms with E-state index in [1.165, 1.54) is 0 Å². The molecule has 0 atom stereocenters. The maximum atomic E-state index is 12.0. The summed E-state index contributed by atoms with van der Waals surface area (Å²) in [6, 6.07) is 1.87. The molecule has 0 aliphatic rings. The third-order valence-corrected chi connectivity index (χ3v) is 1.47. The van der Waals surface area contributed by atoms with Gasteiger partial charge in [-0.1, -0.05) is 6.07 Å². The monoisotopic (exact) mass is 218 g/mol. The van der Waals surface area contributed by atoms with Crippen molar-refractivity contribution in [2.75, 3.05) is 0 Å². The summed E-state index contributed by atoms with van der Waals surface area (Å²) in [4.78, 5) is 12.3. The van der Waals surface area contributed by atoms with Crippen molar-refractivity contribution in [3.05, 3.63) is 45.9 Å². The molecule has 0 aromatic carbocycles. The largest absolute Gasteiger partial charge is 0.433 e. The quantitative estimate of drug-likeness (QED) is 0.565. The van der Waals surface area contributed by atoms with E-state index in [0.717, 1.165) is 24.4 Å². The normalized spacial score (nSPS) is 11.9. The van der Waals surface area contributed by atoms with E-state index in [4.69, 9.17) is 0 Å². The highest BCUT2D eigenvalue weighted by Crippen LogP contribution is 2.27. The molecular formula is C8H5F3N2O2. The Hall–Kier alpha value is -1.92. The fourth-order valence-corrected chi connectivity index (χ4v) is 0.819. The molecule has 0 aliphatic carbocycles. The molecule has 1 rings (SSSR count). The van der Waals surface area contributed by atoms with Crippen LogP contribution in [0.1, 0.15) is 11.3 Å². The minimum atomic E-state index is -4.49. The van der Waals surface area contributed by atoms with Gasteiger partial charge in [-0.3, -0.25) is 15.1 Å². The van der Waals surface area contributed by atoms with Crippen LogP contribution in [0.15, 0.2) is 24.5 Å². The van der Waals surface area contributed by atoms with Crippen molar-refractivity contribution in [2.24, 2.45) is 0 Å². The number of rotatable bonds is 2. The highest BCUT2D eigenvalue weighted by atomic mass is 19.4.